The van der Waals surface area contributed by atoms with E-state index in [0.29, 0.717) is 12.0 Å². The van der Waals surface area contributed by atoms with E-state index in [1.165, 1.54) is 11.3 Å². The Bertz CT molecular complexity index is 536. The van der Waals surface area contributed by atoms with Crippen LogP contribution in [0.4, 0.5) is 0 Å². The van der Waals surface area contributed by atoms with Gasteiger partial charge in [0.05, 0.1) is 17.9 Å². The van der Waals surface area contributed by atoms with Gasteiger partial charge in [-0.1, -0.05) is 13.8 Å². The van der Waals surface area contributed by atoms with Crippen LogP contribution in [0.5, 0.6) is 0 Å². The molecule has 19 heavy (non-hydrogen) atoms. The smallest absolute Gasteiger partial charge is 0.0639 e. The minimum Gasteiger partial charge on any atom is -0.348 e. The number of nitrogens with one attached hydrogen (secondary N) is 1. The van der Waals surface area contributed by atoms with E-state index in [-0.39, 0.29) is 0 Å². The van der Waals surface area contributed by atoms with Crippen molar-refractivity contribution < 1.29 is 0 Å². The van der Waals surface area contributed by atoms with Crippen LogP contribution in [-0.4, -0.2) is 21.4 Å². The third-order valence-corrected chi connectivity index (χ3v) is 3.55. The number of nitrogens with zero attached hydrogens (tertiary/aromatic N) is 3. The van der Waals surface area contributed by atoms with E-state index in [0.717, 1.165) is 12.2 Å². The molecule has 1 unspecified atom stereocenters. The van der Waals surface area contributed by atoms with Crippen molar-refractivity contribution in [3.05, 3.63) is 41.5 Å². The molecule has 0 fully saturated rings. The Hall–Kier alpha value is -1.55. The largest absolute Gasteiger partial charge is 0.348 e. The number of hydrogen-bond acceptors (Lipinski definition) is 2. The maximum Gasteiger partial charge on any atom is 0.0639 e. The third kappa shape index (κ3) is 3.07. The van der Waals surface area contributed by atoms with Gasteiger partial charge in [-0.2, -0.15) is 5.10 Å². The number of aryl methyl sites for hydroxylation is 2. The minimum absolute atomic E-state index is 0.412. The summed E-state index contributed by atoms with van der Waals surface area (Å²) in [6.07, 6.45) is 4.37. The molecule has 0 aliphatic carbocycles. The summed E-state index contributed by atoms with van der Waals surface area (Å²) in [4.78, 5) is 0. The molecule has 0 bridgehead atoms. The third-order valence-electron chi connectivity index (χ3n) is 3.55. The highest BCUT2D eigenvalue weighted by molar-refractivity contribution is 5.18. The van der Waals surface area contributed by atoms with Gasteiger partial charge in [0, 0.05) is 25.5 Å². The van der Waals surface area contributed by atoms with Crippen molar-refractivity contribution in [2.75, 3.05) is 7.05 Å². The van der Waals surface area contributed by atoms with E-state index in [4.69, 9.17) is 0 Å². The van der Waals surface area contributed by atoms with Gasteiger partial charge < -0.3 is 9.88 Å². The maximum atomic E-state index is 4.38. The molecule has 0 radical (unpaired) electrons. The summed E-state index contributed by atoms with van der Waals surface area (Å²) in [7, 11) is 4.02. The molecule has 0 spiro atoms. The predicted octanol–water partition coefficient (Wildman–Crippen LogP) is 2.49. The van der Waals surface area contributed by atoms with Gasteiger partial charge in [0.1, 0.15) is 0 Å². The lowest BCUT2D eigenvalue weighted by molar-refractivity contribution is 0.442. The summed E-state index contributed by atoms with van der Waals surface area (Å²) in [5, 5.41) is 7.76. The normalized spacial score (nSPS) is 13.2. The molecular formula is C15H24N4. The van der Waals surface area contributed by atoms with Gasteiger partial charge in [-0.15, -0.1) is 0 Å². The van der Waals surface area contributed by atoms with Crippen LogP contribution in [-0.2, 0) is 13.6 Å². The highest BCUT2D eigenvalue weighted by Gasteiger charge is 2.14. The van der Waals surface area contributed by atoms with Gasteiger partial charge in [-0.05, 0) is 37.6 Å². The minimum atomic E-state index is 0.412. The zero-order valence-electron chi connectivity index (χ0n) is 12.5. The fourth-order valence-electron chi connectivity index (χ4n) is 2.63. The summed E-state index contributed by atoms with van der Waals surface area (Å²) in [5.41, 5.74) is 3.64. The lowest BCUT2D eigenvalue weighted by Crippen LogP contribution is -2.21. The first kappa shape index (κ1) is 13.9. The molecular weight excluding hydrogens is 236 g/mol. The average molecular weight is 260 g/mol. The summed E-state index contributed by atoms with van der Waals surface area (Å²) in [6.45, 7) is 7.37. The molecule has 4 heteroatoms. The van der Waals surface area contributed by atoms with Crippen LogP contribution in [0.3, 0.4) is 0 Å². The van der Waals surface area contributed by atoms with Crippen molar-refractivity contribution in [1.29, 1.82) is 0 Å². The Morgan fingerprint density at radius 3 is 2.63 bits per heavy atom. The van der Waals surface area contributed by atoms with Crippen molar-refractivity contribution in [1.82, 2.24) is 19.7 Å². The quantitative estimate of drug-likeness (QED) is 0.896. The van der Waals surface area contributed by atoms with Crippen LogP contribution in [0.1, 0.15) is 36.8 Å². The van der Waals surface area contributed by atoms with Crippen LogP contribution in [0, 0.1) is 12.8 Å². The van der Waals surface area contributed by atoms with Gasteiger partial charge in [0.2, 0.25) is 0 Å². The molecule has 0 saturated carbocycles. The molecule has 0 aliphatic heterocycles. The molecule has 2 aromatic heterocycles. The van der Waals surface area contributed by atoms with Crippen LogP contribution < -0.4 is 5.32 Å². The lowest BCUT2D eigenvalue weighted by Gasteiger charge is -2.18. The molecule has 0 amide bonds. The molecule has 1 N–H and O–H groups in total. The molecule has 2 rings (SSSR count). The Kier molecular flexibility index (Phi) is 4.10. The maximum absolute atomic E-state index is 4.38. The van der Waals surface area contributed by atoms with Crippen molar-refractivity contribution in [3.63, 3.8) is 0 Å². The van der Waals surface area contributed by atoms with Crippen LogP contribution in [0.2, 0.25) is 0 Å². The average Bonchev–Trinajstić information content (AvgIpc) is 2.88. The first-order valence-electron chi connectivity index (χ1n) is 6.83. The van der Waals surface area contributed by atoms with E-state index >= 15 is 0 Å². The zero-order valence-corrected chi connectivity index (χ0v) is 12.5. The summed E-state index contributed by atoms with van der Waals surface area (Å²) in [6, 6.07) is 4.75. The van der Waals surface area contributed by atoms with E-state index in [9.17, 15) is 0 Å². The Morgan fingerprint density at radius 1 is 1.37 bits per heavy atom. The first-order valence-corrected chi connectivity index (χ1v) is 6.83. The van der Waals surface area contributed by atoms with E-state index < -0.39 is 0 Å². The Labute approximate surface area is 115 Å². The molecule has 104 valence electrons. The molecule has 2 aromatic rings. The van der Waals surface area contributed by atoms with Crippen LogP contribution in [0.15, 0.2) is 24.5 Å². The fraction of sp³-hybridized carbons (Fsp3) is 0.533. The van der Waals surface area contributed by atoms with Crippen molar-refractivity contribution >= 4 is 0 Å². The Morgan fingerprint density at radius 2 is 2.11 bits per heavy atom. The van der Waals surface area contributed by atoms with E-state index in [1.54, 1.807) is 0 Å². The van der Waals surface area contributed by atoms with E-state index in [2.05, 4.69) is 53.4 Å². The Balaban J connectivity index is 2.15. The predicted molar refractivity (Wildman–Crippen MR) is 78.1 cm³/mol. The number of rotatable bonds is 5. The number of hydrogen-bond donors (Lipinski definition) is 1. The summed E-state index contributed by atoms with van der Waals surface area (Å²) in [5.74, 6) is 0.583. The topological polar surface area (TPSA) is 34.8 Å². The first-order chi connectivity index (χ1) is 9.01. The van der Waals surface area contributed by atoms with Gasteiger partial charge in [-0.25, -0.2) is 0 Å². The highest BCUT2D eigenvalue weighted by atomic mass is 15.3. The summed E-state index contributed by atoms with van der Waals surface area (Å²) < 4.78 is 4.17. The second-order valence-corrected chi connectivity index (χ2v) is 5.53. The van der Waals surface area contributed by atoms with Crippen molar-refractivity contribution in [2.24, 2.45) is 13.0 Å². The van der Waals surface area contributed by atoms with Crippen molar-refractivity contribution in [2.45, 2.75) is 33.4 Å². The SMILES string of the molecule is CNC(c1ccn(Cc2cc(C)nn2C)c1)C(C)C. The monoisotopic (exact) mass is 260 g/mol. The molecule has 0 aromatic carbocycles. The lowest BCUT2D eigenvalue weighted by atomic mass is 9.99. The molecule has 2 heterocycles. The van der Waals surface area contributed by atoms with E-state index in [1.807, 2.05) is 25.7 Å². The van der Waals surface area contributed by atoms with Gasteiger partial charge >= 0.3 is 0 Å². The van der Waals surface area contributed by atoms with Gasteiger partial charge in [0.25, 0.3) is 0 Å². The standard InChI is InChI=1S/C15H24N4/c1-11(2)15(16-4)13-6-7-19(9-13)10-14-8-12(3)17-18(14)5/h6-9,11,15-16H,10H2,1-5H3. The fourth-order valence-corrected chi connectivity index (χ4v) is 2.63. The molecule has 1 atom stereocenters. The van der Waals surface area contributed by atoms with Gasteiger partial charge in [0.15, 0.2) is 0 Å². The summed E-state index contributed by atoms with van der Waals surface area (Å²) >= 11 is 0. The second kappa shape index (κ2) is 5.61. The molecule has 4 nitrogen and oxygen atoms in total. The highest BCUT2D eigenvalue weighted by Crippen LogP contribution is 2.21. The second-order valence-electron chi connectivity index (χ2n) is 5.53. The molecule has 0 saturated heterocycles. The van der Waals surface area contributed by atoms with Crippen LogP contribution in [0.25, 0.3) is 0 Å². The van der Waals surface area contributed by atoms with Crippen LogP contribution >= 0.6 is 0 Å². The van der Waals surface area contributed by atoms with Gasteiger partial charge in [-0.3, -0.25) is 4.68 Å². The van der Waals surface area contributed by atoms with Crippen molar-refractivity contribution in [3.8, 4) is 0 Å². The zero-order chi connectivity index (χ0) is 14.0. The number of aromatic nitrogens is 3. The molecule has 0 aliphatic rings.